The average molecular weight is 374 g/mol. The number of carbonyl (C=O) groups excluding carboxylic acids is 2. The van der Waals surface area contributed by atoms with Gasteiger partial charge in [-0.15, -0.1) is 12.4 Å². The fourth-order valence-electron chi connectivity index (χ4n) is 2.32. The number of ether oxygens (including phenoxy) is 3. The Morgan fingerprint density at radius 1 is 1.12 bits per heavy atom. The van der Waals surface area contributed by atoms with Crippen molar-refractivity contribution in [2.75, 3.05) is 47.1 Å². The molecule has 140 valence electrons. The second-order valence-corrected chi connectivity index (χ2v) is 5.28. The Kier molecular flexibility index (Phi) is 9.04. The van der Waals surface area contributed by atoms with E-state index in [1.54, 1.807) is 18.2 Å². The van der Waals surface area contributed by atoms with Gasteiger partial charge in [0, 0.05) is 31.6 Å². The molecule has 8 nitrogen and oxygen atoms in total. The molecule has 1 aromatic carbocycles. The van der Waals surface area contributed by atoms with Crippen LogP contribution in [0.5, 0.6) is 11.5 Å². The predicted molar refractivity (Wildman–Crippen MR) is 94.3 cm³/mol. The van der Waals surface area contributed by atoms with Crippen LogP contribution in [-0.4, -0.2) is 63.8 Å². The fourth-order valence-corrected chi connectivity index (χ4v) is 2.32. The van der Waals surface area contributed by atoms with Crippen LogP contribution in [-0.2, 0) is 9.53 Å². The van der Waals surface area contributed by atoms with Crippen molar-refractivity contribution in [3.8, 4) is 11.5 Å². The van der Waals surface area contributed by atoms with Crippen LogP contribution in [0.3, 0.4) is 0 Å². The molecule has 0 aliphatic carbocycles. The molecule has 0 bridgehead atoms. The first kappa shape index (κ1) is 21.0. The van der Waals surface area contributed by atoms with Crippen LogP contribution in [0.2, 0.25) is 0 Å². The lowest BCUT2D eigenvalue weighted by atomic mass is 10.2. The van der Waals surface area contributed by atoms with Crippen molar-refractivity contribution >= 4 is 24.2 Å². The first-order valence-corrected chi connectivity index (χ1v) is 7.75. The third-order valence-electron chi connectivity index (χ3n) is 3.72. The van der Waals surface area contributed by atoms with E-state index >= 15 is 0 Å². The fraction of sp³-hybridized carbons (Fsp3) is 0.500. The molecule has 1 fully saturated rings. The van der Waals surface area contributed by atoms with Gasteiger partial charge in [0.25, 0.3) is 5.91 Å². The lowest BCUT2D eigenvalue weighted by Crippen LogP contribution is -2.44. The molecule has 1 aromatic rings. The van der Waals surface area contributed by atoms with Crippen molar-refractivity contribution in [1.29, 1.82) is 0 Å². The summed E-state index contributed by atoms with van der Waals surface area (Å²) in [5, 5.41) is 0. The maximum absolute atomic E-state index is 12.1. The molecule has 0 saturated carbocycles. The van der Waals surface area contributed by atoms with E-state index in [0.29, 0.717) is 43.2 Å². The van der Waals surface area contributed by atoms with E-state index in [-0.39, 0.29) is 18.3 Å². The molecule has 0 radical (unpaired) electrons. The van der Waals surface area contributed by atoms with Crippen molar-refractivity contribution < 1.29 is 23.8 Å². The summed E-state index contributed by atoms with van der Waals surface area (Å²) < 4.78 is 15.5. The Morgan fingerprint density at radius 2 is 1.80 bits per heavy atom. The Labute approximate surface area is 153 Å². The summed E-state index contributed by atoms with van der Waals surface area (Å²) in [7, 11) is 3.01. The molecule has 1 aliphatic heterocycles. The van der Waals surface area contributed by atoms with Crippen LogP contribution < -0.4 is 20.3 Å². The van der Waals surface area contributed by atoms with Crippen molar-refractivity contribution in [3.63, 3.8) is 0 Å². The summed E-state index contributed by atoms with van der Waals surface area (Å²) >= 11 is 0. The highest BCUT2D eigenvalue weighted by atomic mass is 35.5. The van der Waals surface area contributed by atoms with Crippen molar-refractivity contribution in [1.82, 2.24) is 15.8 Å². The number of amides is 2. The predicted octanol–water partition coefficient (Wildman–Crippen LogP) is 0.609. The molecule has 1 heterocycles. The number of nitrogens with one attached hydrogen (secondary N) is 2. The van der Waals surface area contributed by atoms with Gasteiger partial charge in [0.15, 0.2) is 11.5 Å². The van der Waals surface area contributed by atoms with Gasteiger partial charge < -0.3 is 14.2 Å². The highest BCUT2D eigenvalue weighted by Crippen LogP contribution is 2.27. The highest BCUT2D eigenvalue weighted by molar-refractivity contribution is 5.96. The molecule has 0 spiro atoms. The van der Waals surface area contributed by atoms with Crippen LogP contribution in [0.1, 0.15) is 16.8 Å². The van der Waals surface area contributed by atoms with Gasteiger partial charge in [-0.2, -0.15) is 0 Å². The molecule has 9 heteroatoms. The Balaban J connectivity index is 0.00000312. The van der Waals surface area contributed by atoms with Gasteiger partial charge in [0.1, 0.15) is 0 Å². The van der Waals surface area contributed by atoms with Gasteiger partial charge >= 0.3 is 0 Å². The maximum atomic E-state index is 12.1. The molecule has 2 rings (SSSR count). The lowest BCUT2D eigenvalue weighted by Gasteiger charge is -2.26. The molecule has 2 N–H and O–H groups in total. The second-order valence-electron chi connectivity index (χ2n) is 5.28. The number of methoxy groups -OCH3 is 2. The van der Waals surface area contributed by atoms with E-state index in [1.807, 2.05) is 0 Å². The topological polar surface area (TPSA) is 89.1 Å². The number of carbonyl (C=O) groups is 2. The van der Waals surface area contributed by atoms with Gasteiger partial charge in [0.2, 0.25) is 5.91 Å². The summed E-state index contributed by atoms with van der Waals surface area (Å²) in [6.45, 7) is 3.67. The van der Waals surface area contributed by atoms with E-state index in [1.165, 1.54) is 14.2 Å². The lowest BCUT2D eigenvalue weighted by molar-refractivity contribution is -0.122. The monoisotopic (exact) mass is 373 g/mol. The third-order valence-corrected chi connectivity index (χ3v) is 3.72. The smallest absolute Gasteiger partial charge is 0.269 e. The zero-order chi connectivity index (χ0) is 17.4. The number of benzene rings is 1. The van der Waals surface area contributed by atoms with Crippen LogP contribution >= 0.6 is 12.4 Å². The zero-order valence-electron chi connectivity index (χ0n) is 14.4. The number of halogens is 1. The summed E-state index contributed by atoms with van der Waals surface area (Å²) in [6.07, 6.45) is 0.312. The maximum Gasteiger partial charge on any atom is 0.269 e. The van der Waals surface area contributed by atoms with Crippen LogP contribution in [0.4, 0.5) is 0 Å². The van der Waals surface area contributed by atoms with E-state index < -0.39 is 5.91 Å². The summed E-state index contributed by atoms with van der Waals surface area (Å²) in [5.74, 6) is 0.318. The Hall–Kier alpha value is -2.03. The second kappa shape index (κ2) is 10.8. The van der Waals surface area contributed by atoms with E-state index in [2.05, 4.69) is 15.8 Å². The normalized spacial score (nSPS) is 14.2. The zero-order valence-corrected chi connectivity index (χ0v) is 15.2. The molecule has 1 saturated heterocycles. The minimum absolute atomic E-state index is 0. The Bertz CT molecular complexity index is 579. The minimum Gasteiger partial charge on any atom is -0.493 e. The number of morpholine rings is 1. The minimum atomic E-state index is -0.421. The molecular weight excluding hydrogens is 350 g/mol. The number of rotatable bonds is 6. The molecule has 2 amide bonds. The first-order chi connectivity index (χ1) is 11.6. The van der Waals surface area contributed by atoms with E-state index in [4.69, 9.17) is 14.2 Å². The van der Waals surface area contributed by atoms with Gasteiger partial charge in [-0.1, -0.05) is 0 Å². The van der Waals surface area contributed by atoms with Crippen molar-refractivity contribution in [3.05, 3.63) is 23.8 Å². The highest BCUT2D eigenvalue weighted by Gasteiger charge is 2.14. The van der Waals surface area contributed by atoms with Crippen molar-refractivity contribution in [2.24, 2.45) is 0 Å². The number of hydrazine groups is 1. The summed E-state index contributed by atoms with van der Waals surface area (Å²) in [4.78, 5) is 26.0. The standard InChI is InChI=1S/C16H23N3O5.ClH/c1-22-13-4-3-12(11-14(13)23-2)16(21)18-17-15(20)5-6-19-7-9-24-10-8-19;/h3-4,11H,5-10H2,1-2H3,(H,17,20)(H,18,21);1H. The van der Waals surface area contributed by atoms with Gasteiger partial charge in [-0.05, 0) is 18.2 Å². The SMILES string of the molecule is COc1ccc(C(=O)NNC(=O)CCN2CCOCC2)cc1OC.Cl. The molecule has 25 heavy (non-hydrogen) atoms. The largest absolute Gasteiger partial charge is 0.493 e. The van der Waals surface area contributed by atoms with Crippen LogP contribution in [0, 0.1) is 0 Å². The van der Waals surface area contributed by atoms with Crippen LogP contribution in [0.25, 0.3) is 0 Å². The van der Waals surface area contributed by atoms with Crippen molar-refractivity contribution in [2.45, 2.75) is 6.42 Å². The average Bonchev–Trinajstić information content (AvgIpc) is 2.64. The Morgan fingerprint density at radius 3 is 2.44 bits per heavy atom. The molecule has 0 unspecified atom stereocenters. The third kappa shape index (κ3) is 6.41. The van der Waals surface area contributed by atoms with Gasteiger partial charge in [-0.3, -0.25) is 25.3 Å². The molecular formula is C16H24ClN3O5. The number of hydrogen-bond acceptors (Lipinski definition) is 6. The molecule has 0 atom stereocenters. The summed E-state index contributed by atoms with van der Waals surface area (Å²) in [6, 6.07) is 4.78. The van der Waals surface area contributed by atoms with E-state index in [9.17, 15) is 9.59 Å². The molecule has 0 aromatic heterocycles. The van der Waals surface area contributed by atoms with Gasteiger partial charge in [-0.25, -0.2) is 0 Å². The van der Waals surface area contributed by atoms with Gasteiger partial charge in [0.05, 0.1) is 27.4 Å². The van der Waals surface area contributed by atoms with Crippen LogP contribution in [0.15, 0.2) is 18.2 Å². The van der Waals surface area contributed by atoms with E-state index in [0.717, 1.165) is 13.1 Å². The first-order valence-electron chi connectivity index (χ1n) is 7.75. The summed E-state index contributed by atoms with van der Waals surface area (Å²) in [5.41, 5.74) is 5.18. The molecule has 1 aliphatic rings. The number of nitrogens with zero attached hydrogens (tertiary/aromatic N) is 1. The number of hydrogen-bond donors (Lipinski definition) is 2. The quantitative estimate of drug-likeness (QED) is 0.710.